The topological polar surface area (TPSA) is 88.9 Å². The van der Waals surface area contributed by atoms with Crippen molar-refractivity contribution in [2.75, 3.05) is 10.6 Å². The standard InChI is InChI=1S/C21H21N5O2S/c27-20(14-4-5-14)23-18-11-10-16(29-18)21(28)22-15-8-6-13(7-9-15)19-25-24-17-3-1-2-12-26(17)19/h6-11,14H,1-5,12H2,(H,22,28)(H,23,27). The first-order valence-electron chi connectivity index (χ1n) is 9.92. The third-order valence-corrected chi connectivity index (χ3v) is 6.28. The van der Waals surface area contributed by atoms with Gasteiger partial charge in [-0.25, -0.2) is 0 Å². The third kappa shape index (κ3) is 3.80. The summed E-state index contributed by atoms with van der Waals surface area (Å²) < 4.78 is 2.18. The van der Waals surface area contributed by atoms with E-state index in [9.17, 15) is 9.59 Å². The largest absolute Gasteiger partial charge is 0.321 e. The fourth-order valence-electron chi connectivity index (χ4n) is 3.51. The SMILES string of the molecule is O=C(Nc1ccc(-c2nnc3n2CCCC3)cc1)c1ccc(NC(=O)C2CC2)s1. The maximum atomic E-state index is 12.5. The van der Waals surface area contributed by atoms with Gasteiger partial charge in [0.2, 0.25) is 5.91 Å². The number of anilines is 2. The van der Waals surface area contributed by atoms with Gasteiger partial charge in [0.25, 0.3) is 5.91 Å². The Hall–Kier alpha value is -3.00. The van der Waals surface area contributed by atoms with Crippen LogP contribution in [0.15, 0.2) is 36.4 Å². The van der Waals surface area contributed by atoms with Crippen LogP contribution in [0, 0.1) is 5.92 Å². The molecule has 2 N–H and O–H groups in total. The molecule has 1 fully saturated rings. The summed E-state index contributed by atoms with van der Waals surface area (Å²) in [4.78, 5) is 24.9. The molecule has 1 saturated carbocycles. The van der Waals surface area contributed by atoms with Gasteiger partial charge < -0.3 is 15.2 Å². The molecule has 1 aromatic carbocycles. The Kier molecular flexibility index (Phi) is 4.63. The lowest BCUT2D eigenvalue weighted by Gasteiger charge is -2.14. The fraction of sp³-hybridized carbons (Fsp3) is 0.333. The van der Waals surface area contributed by atoms with E-state index < -0.39 is 0 Å². The number of nitrogens with zero attached hydrogens (tertiary/aromatic N) is 3. The van der Waals surface area contributed by atoms with Crippen LogP contribution in [0.5, 0.6) is 0 Å². The molecule has 2 aromatic heterocycles. The van der Waals surface area contributed by atoms with Crippen molar-refractivity contribution in [3.63, 3.8) is 0 Å². The van der Waals surface area contributed by atoms with E-state index in [4.69, 9.17) is 0 Å². The number of aryl methyl sites for hydroxylation is 1. The molecule has 1 aliphatic heterocycles. The van der Waals surface area contributed by atoms with Gasteiger partial charge in [-0.2, -0.15) is 0 Å². The number of hydrogen-bond acceptors (Lipinski definition) is 5. The first kappa shape index (κ1) is 18.1. The highest BCUT2D eigenvalue weighted by Crippen LogP contribution is 2.32. The number of nitrogens with one attached hydrogen (secondary N) is 2. The Balaban J connectivity index is 1.25. The van der Waals surface area contributed by atoms with E-state index >= 15 is 0 Å². The van der Waals surface area contributed by atoms with E-state index in [2.05, 4.69) is 25.4 Å². The van der Waals surface area contributed by atoms with Gasteiger partial charge in [0, 0.05) is 30.1 Å². The summed E-state index contributed by atoms with van der Waals surface area (Å²) in [5.41, 5.74) is 1.71. The number of hydrogen-bond donors (Lipinski definition) is 2. The van der Waals surface area contributed by atoms with Crippen molar-refractivity contribution in [2.24, 2.45) is 5.92 Å². The predicted octanol–water partition coefficient (Wildman–Crippen LogP) is 3.94. The second-order valence-electron chi connectivity index (χ2n) is 7.51. The molecule has 148 valence electrons. The van der Waals surface area contributed by atoms with Crippen LogP contribution >= 0.6 is 11.3 Å². The van der Waals surface area contributed by atoms with Crippen molar-refractivity contribution >= 4 is 33.8 Å². The van der Waals surface area contributed by atoms with Crippen LogP contribution in [0.2, 0.25) is 0 Å². The van der Waals surface area contributed by atoms with Crippen LogP contribution in [0.25, 0.3) is 11.4 Å². The lowest BCUT2D eigenvalue weighted by atomic mass is 10.1. The number of benzene rings is 1. The molecule has 0 radical (unpaired) electrons. The van der Waals surface area contributed by atoms with Crippen LogP contribution in [0.4, 0.5) is 10.7 Å². The number of fused-ring (bicyclic) bond motifs is 1. The Bertz CT molecular complexity index is 1070. The highest BCUT2D eigenvalue weighted by atomic mass is 32.1. The Morgan fingerprint density at radius 3 is 2.62 bits per heavy atom. The quantitative estimate of drug-likeness (QED) is 0.670. The summed E-state index contributed by atoms with van der Waals surface area (Å²) in [6.45, 7) is 0.953. The van der Waals surface area contributed by atoms with Crippen LogP contribution in [0.3, 0.4) is 0 Å². The van der Waals surface area contributed by atoms with Crippen molar-refractivity contribution in [3.05, 3.63) is 47.1 Å². The highest BCUT2D eigenvalue weighted by molar-refractivity contribution is 7.18. The van der Waals surface area contributed by atoms with Gasteiger partial charge in [-0.05, 0) is 62.1 Å². The molecular weight excluding hydrogens is 386 g/mol. The number of amides is 2. The zero-order valence-corrected chi connectivity index (χ0v) is 16.7. The Morgan fingerprint density at radius 1 is 1.00 bits per heavy atom. The maximum Gasteiger partial charge on any atom is 0.265 e. The fourth-order valence-corrected chi connectivity index (χ4v) is 4.32. The molecule has 0 spiro atoms. The van der Waals surface area contributed by atoms with E-state index in [1.165, 1.54) is 11.3 Å². The van der Waals surface area contributed by atoms with Gasteiger partial charge >= 0.3 is 0 Å². The van der Waals surface area contributed by atoms with Crippen molar-refractivity contribution in [1.82, 2.24) is 14.8 Å². The van der Waals surface area contributed by atoms with Gasteiger partial charge in [0.05, 0.1) is 9.88 Å². The molecule has 3 heterocycles. The maximum absolute atomic E-state index is 12.5. The normalized spacial score (nSPS) is 15.6. The van der Waals surface area contributed by atoms with Crippen molar-refractivity contribution in [1.29, 1.82) is 0 Å². The zero-order chi connectivity index (χ0) is 19.8. The lowest BCUT2D eigenvalue weighted by Crippen LogP contribution is -2.12. The van der Waals surface area contributed by atoms with Crippen molar-refractivity contribution in [3.8, 4) is 11.4 Å². The average molecular weight is 407 g/mol. The monoisotopic (exact) mass is 407 g/mol. The van der Waals surface area contributed by atoms with Gasteiger partial charge in [-0.3, -0.25) is 9.59 Å². The van der Waals surface area contributed by atoms with E-state index in [1.807, 2.05) is 24.3 Å². The molecule has 5 rings (SSSR count). The molecule has 29 heavy (non-hydrogen) atoms. The summed E-state index contributed by atoms with van der Waals surface area (Å²) in [6.07, 6.45) is 5.20. The van der Waals surface area contributed by atoms with Crippen LogP contribution in [-0.4, -0.2) is 26.6 Å². The van der Waals surface area contributed by atoms with Crippen molar-refractivity contribution in [2.45, 2.75) is 38.6 Å². The van der Waals surface area contributed by atoms with Gasteiger partial charge in [0.15, 0.2) is 5.82 Å². The van der Waals surface area contributed by atoms with E-state index in [0.29, 0.717) is 15.6 Å². The summed E-state index contributed by atoms with van der Waals surface area (Å²) >= 11 is 1.28. The predicted molar refractivity (Wildman–Crippen MR) is 112 cm³/mol. The average Bonchev–Trinajstić information content (AvgIpc) is 3.34. The van der Waals surface area contributed by atoms with Gasteiger partial charge in [0.1, 0.15) is 5.82 Å². The number of carbonyl (C=O) groups is 2. The van der Waals surface area contributed by atoms with Crippen LogP contribution < -0.4 is 10.6 Å². The third-order valence-electron chi connectivity index (χ3n) is 5.28. The number of aromatic nitrogens is 3. The van der Waals surface area contributed by atoms with E-state index in [1.54, 1.807) is 12.1 Å². The number of thiophene rings is 1. The molecule has 2 amide bonds. The van der Waals surface area contributed by atoms with Crippen molar-refractivity contribution < 1.29 is 9.59 Å². The molecule has 0 saturated heterocycles. The number of rotatable bonds is 5. The lowest BCUT2D eigenvalue weighted by molar-refractivity contribution is -0.117. The second kappa shape index (κ2) is 7.44. The summed E-state index contributed by atoms with van der Waals surface area (Å²) in [5.74, 6) is 1.93. The summed E-state index contributed by atoms with van der Waals surface area (Å²) in [7, 11) is 0. The second-order valence-corrected chi connectivity index (χ2v) is 8.59. The van der Waals surface area contributed by atoms with Gasteiger partial charge in [-0.15, -0.1) is 21.5 Å². The smallest absolute Gasteiger partial charge is 0.265 e. The summed E-state index contributed by atoms with van der Waals surface area (Å²) in [6, 6.07) is 11.2. The van der Waals surface area contributed by atoms with E-state index in [0.717, 1.165) is 55.9 Å². The summed E-state index contributed by atoms with van der Waals surface area (Å²) in [5, 5.41) is 15.1. The molecular formula is C21H21N5O2S. The first-order valence-corrected chi connectivity index (χ1v) is 10.7. The molecule has 3 aromatic rings. The minimum Gasteiger partial charge on any atom is -0.321 e. The zero-order valence-electron chi connectivity index (χ0n) is 15.9. The molecule has 1 aliphatic carbocycles. The molecule has 2 aliphatic rings. The minimum absolute atomic E-state index is 0.0464. The molecule has 7 nitrogen and oxygen atoms in total. The van der Waals surface area contributed by atoms with Crippen LogP contribution in [0.1, 0.15) is 41.2 Å². The van der Waals surface area contributed by atoms with Gasteiger partial charge in [-0.1, -0.05) is 0 Å². The molecule has 0 unspecified atom stereocenters. The molecule has 8 heteroatoms. The highest BCUT2D eigenvalue weighted by Gasteiger charge is 2.29. The first-order chi connectivity index (χ1) is 14.2. The molecule has 0 bridgehead atoms. The number of carbonyl (C=O) groups excluding carboxylic acids is 2. The Labute approximate surface area is 172 Å². The van der Waals surface area contributed by atoms with E-state index in [-0.39, 0.29) is 17.7 Å². The Morgan fingerprint density at radius 2 is 1.83 bits per heavy atom. The molecule has 0 atom stereocenters. The van der Waals surface area contributed by atoms with Crippen LogP contribution in [-0.2, 0) is 17.8 Å². The minimum atomic E-state index is -0.186.